The molecule has 0 amide bonds. The van der Waals surface area contributed by atoms with Crippen LogP contribution in [0.4, 0.5) is 8.78 Å². The molecule has 2 aromatic rings. The molecule has 7 heteroatoms. The first-order valence-electron chi connectivity index (χ1n) is 4.89. The SMILES string of the molecule is COc1cc(-n2cc(C(F)F)cn2)c(Br)cc1Cl. The van der Waals surface area contributed by atoms with E-state index >= 15 is 0 Å². The second kappa shape index (κ2) is 5.24. The van der Waals surface area contributed by atoms with Crippen LogP contribution in [0.5, 0.6) is 5.75 Å². The summed E-state index contributed by atoms with van der Waals surface area (Å²) >= 11 is 9.25. The lowest BCUT2D eigenvalue weighted by Crippen LogP contribution is -1.97. The van der Waals surface area contributed by atoms with Gasteiger partial charge in [-0.25, -0.2) is 13.5 Å². The van der Waals surface area contributed by atoms with Crippen LogP contribution in [0.15, 0.2) is 29.0 Å². The molecule has 1 aromatic carbocycles. The maximum absolute atomic E-state index is 12.5. The lowest BCUT2D eigenvalue weighted by molar-refractivity contribution is 0.151. The predicted molar refractivity (Wildman–Crippen MR) is 67.8 cm³/mol. The highest BCUT2D eigenvalue weighted by Gasteiger charge is 2.13. The average Bonchev–Trinajstić information content (AvgIpc) is 2.78. The van der Waals surface area contributed by atoms with Gasteiger partial charge >= 0.3 is 0 Å². The van der Waals surface area contributed by atoms with E-state index in [9.17, 15) is 8.78 Å². The van der Waals surface area contributed by atoms with Gasteiger partial charge in [0.2, 0.25) is 0 Å². The van der Waals surface area contributed by atoms with Gasteiger partial charge in [-0.3, -0.25) is 0 Å². The lowest BCUT2D eigenvalue weighted by atomic mass is 10.3. The van der Waals surface area contributed by atoms with Gasteiger partial charge in [0.1, 0.15) is 5.75 Å². The Labute approximate surface area is 115 Å². The number of hydrogen-bond acceptors (Lipinski definition) is 2. The van der Waals surface area contributed by atoms with Crippen molar-refractivity contribution in [2.75, 3.05) is 7.11 Å². The number of nitrogens with zero attached hydrogens (tertiary/aromatic N) is 2. The summed E-state index contributed by atoms with van der Waals surface area (Å²) in [6.45, 7) is 0. The van der Waals surface area contributed by atoms with Gasteiger partial charge in [-0.1, -0.05) is 11.6 Å². The van der Waals surface area contributed by atoms with Gasteiger partial charge in [0.15, 0.2) is 0 Å². The molecule has 0 N–H and O–H groups in total. The van der Waals surface area contributed by atoms with Gasteiger partial charge in [-0.15, -0.1) is 0 Å². The summed E-state index contributed by atoms with van der Waals surface area (Å²) in [5.41, 5.74) is 0.430. The normalized spacial score (nSPS) is 11.0. The van der Waals surface area contributed by atoms with Crippen LogP contribution in [0.1, 0.15) is 12.0 Å². The first-order chi connectivity index (χ1) is 8.52. The summed E-state index contributed by atoms with van der Waals surface area (Å²) in [7, 11) is 1.48. The minimum atomic E-state index is -2.55. The molecule has 0 aliphatic rings. The molecule has 96 valence electrons. The maximum Gasteiger partial charge on any atom is 0.266 e. The van der Waals surface area contributed by atoms with Crippen molar-refractivity contribution < 1.29 is 13.5 Å². The molecule has 0 spiro atoms. The second-order valence-electron chi connectivity index (χ2n) is 3.46. The average molecular weight is 338 g/mol. The molecular weight excluding hydrogens is 329 g/mol. The minimum Gasteiger partial charge on any atom is -0.495 e. The molecule has 0 atom stereocenters. The number of hydrogen-bond donors (Lipinski definition) is 0. The first-order valence-corrected chi connectivity index (χ1v) is 6.06. The first kappa shape index (κ1) is 13.3. The molecule has 0 saturated carbocycles. The van der Waals surface area contributed by atoms with Gasteiger partial charge in [0.25, 0.3) is 6.43 Å². The third-order valence-electron chi connectivity index (χ3n) is 2.32. The zero-order valence-electron chi connectivity index (χ0n) is 9.20. The van der Waals surface area contributed by atoms with E-state index in [2.05, 4.69) is 21.0 Å². The summed E-state index contributed by atoms with van der Waals surface area (Å²) in [5, 5.41) is 4.31. The van der Waals surface area contributed by atoms with Crippen LogP contribution in [0.25, 0.3) is 5.69 Å². The molecule has 18 heavy (non-hydrogen) atoms. The fraction of sp³-hybridized carbons (Fsp3) is 0.182. The Morgan fingerprint density at radius 3 is 2.72 bits per heavy atom. The third-order valence-corrected chi connectivity index (χ3v) is 3.25. The van der Waals surface area contributed by atoms with Crippen molar-refractivity contribution in [2.45, 2.75) is 6.43 Å². The van der Waals surface area contributed by atoms with Crippen LogP contribution in [0, 0.1) is 0 Å². The van der Waals surface area contributed by atoms with Crippen LogP contribution in [-0.4, -0.2) is 16.9 Å². The number of ether oxygens (including phenoxy) is 1. The number of alkyl halides is 2. The Kier molecular flexibility index (Phi) is 3.87. The van der Waals surface area contributed by atoms with E-state index < -0.39 is 6.43 Å². The van der Waals surface area contributed by atoms with Crippen LogP contribution in [0.2, 0.25) is 5.02 Å². The second-order valence-corrected chi connectivity index (χ2v) is 4.72. The van der Waals surface area contributed by atoms with Crippen molar-refractivity contribution >= 4 is 27.5 Å². The molecule has 0 bridgehead atoms. The van der Waals surface area contributed by atoms with E-state index in [1.165, 1.54) is 18.0 Å². The van der Waals surface area contributed by atoms with Crippen molar-refractivity contribution in [1.82, 2.24) is 9.78 Å². The molecule has 0 aliphatic heterocycles. The van der Waals surface area contributed by atoms with Crippen molar-refractivity contribution in [3.8, 4) is 11.4 Å². The van der Waals surface area contributed by atoms with Gasteiger partial charge < -0.3 is 4.74 Å². The van der Waals surface area contributed by atoms with Crippen LogP contribution < -0.4 is 4.74 Å². The predicted octanol–water partition coefficient (Wildman–Crippen LogP) is 4.23. The third kappa shape index (κ3) is 2.49. The van der Waals surface area contributed by atoms with E-state index in [0.717, 1.165) is 6.20 Å². The molecule has 0 radical (unpaired) electrons. The fourth-order valence-electron chi connectivity index (χ4n) is 1.43. The molecule has 1 heterocycles. The Balaban J connectivity index is 2.49. The largest absolute Gasteiger partial charge is 0.495 e. The summed E-state index contributed by atoms with van der Waals surface area (Å²) < 4.78 is 32.0. The zero-order chi connectivity index (χ0) is 13.3. The maximum atomic E-state index is 12.5. The van der Waals surface area contributed by atoms with Crippen molar-refractivity contribution in [2.24, 2.45) is 0 Å². The Morgan fingerprint density at radius 2 is 2.17 bits per heavy atom. The lowest BCUT2D eigenvalue weighted by Gasteiger charge is -2.09. The molecule has 0 unspecified atom stereocenters. The quantitative estimate of drug-likeness (QED) is 0.838. The van der Waals surface area contributed by atoms with E-state index in [1.807, 2.05) is 0 Å². The van der Waals surface area contributed by atoms with Gasteiger partial charge in [-0.2, -0.15) is 5.10 Å². The highest BCUT2D eigenvalue weighted by Crippen LogP contribution is 2.33. The van der Waals surface area contributed by atoms with E-state index in [1.54, 1.807) is 12.1 Å². The molecule has 2 rings (SSSR count). The monoisotopic (exact) mass is 336 g/mol. The fourth-order valence-corrected chi connectivity index (χ4v) is 2.33. The Morgan fingerprint density at radius 1 is 1.44 bits per heavy atom. The number of methoxy groups -OCH3 is 1. The van der Waals surface area contributed by atoms with Gasteiger partial charge in [0.05, 0.1) is 29.6 Å². The smallest absolute Gasteiger partial charge is 0.266 e. The summed E-state index contributed by atoms with van der Waals surface area (Å²) in [4.78, 5) is 0. The summed E-state index contributed by atoms with van der Waals surface area (Å²) in [6.07, 6.45) is -0.164. The van der Waals surface area contributed by atoms with Crippen LogP contribution in [-0.2, 0) is 0 Å². The Bertz CT molecular complexity index is 574. The summed E-state index contributed by atoms with van der Waals surface area (Å²) in [6, 6.07) is 3.24. The molecule has 1 aromatic heterocycles. The van der Waals surface area contributed by atoms with Gasteiger partial charge in [0, 0.05) is 16.7 Å². The number of rotatable bonds is 3. The van der Waals surface area contributed by atoms with Crippen molar-refractivity contribution in [1.29, 1.82) is 0 Å². The van der Waals surface area contributed by atoms with Crippen LogP contribution >= 0.6 is 27.5 Å². The molecular formula is C11H8BrClF2N2O. The van der Waals surface area contributed by atoms with Crippen LogP contribution in [0.3, 0.4) is 0 Å². The van der Waals surface area contributed by atoms with Crippen molar-refractivity contribution in [3.63, 3.8) is 0 Å². The van der Waals surface area contributed by atoms with E-state index in [-0.39, 0.29) is 5.56 Å². The standard InChI is InChI=1S/C11H8BrClF2N2O/c1-18-10-3-9(7(12)2-8(10)13)17-5-6(4-16-17)11(14)15/h2-5,11H,1H3. The number of benzene rings is 1. The van der Waals surface area contributed by atoms with Gasteiger partial charge in [-0.05, 0) is 22.0 Å². The summed E-state index contributed by atoms with van der Waals surface area (Å²) in [5.74, 6) is 0.448. The van der Waals surface area contributed by atoms with E-state index in [4.69, 9.17) is 16.3 Å². The Hall–Kier alpha value is -1.14. The number of aromatic nitrogens is 2. The zero-order valence-corrected chi connectivity index (χ0v) is 11.5. The number of halogens is 4. The highest BCUT2D eigenvalue weighted by atomic mass is 79.9. The molecule has 0 saturated heterocycles. The highest BCUT2D eigenvalue weighted by molar-refractivity contribution is 9.10. The van der Waals surface area contributed by atoms with E-state index in [0.29, 0.717) is 20.9 Å². The minimum absolute atomic E-state index is 0.143. The molecule has 0 fully saturated rings. The topological polar surface area (TPSA) is 27.1 Å². The van der Waals surface area contributed by atoms with Crippen molar-refractivity contribution in [3.05, 3.63) is 39.6 Å². The molecule has 3 nitrogen and oxygen atoms in total. The molecule has 0 aliphatic carbocycles.